The van der Waals surface area contributed by atoms with E-state index in [0.29, 0.717) is 0 Å². The minimum atomic E-state index is -3.56. The minimum Gasteiger partial charge on any atom is -0.223 e. The van der Waals surface area contributed by atoms with Gasteiger partial charge in [0.2, 0.25) is 0 Å². The van der Waals surface area contributed by atoms with Gasteiger partial charge >= 0.3 is 0 Å². The van der Waals surface area contributed by atoms with E-state index in [9.17, 15) is 8.42 Å². The Kier molecular flexibility index (Phi) is 7.15. The first-order valence-corrected chi connectivity index (χ1v) is 13.7. The predicted molar refractivity (Wildman–Crippen MR) is 154 cm³/mol. The highest BCUT2D eigenvalue weighted by atomic mass is 32.2. The van der Waals surface area contributed by atoms with Gasteiger partial charge in [-0.2, -0.15) is 0 Å². The number of allylic oxidation sites excluding steroid dienone is 1. The standard InChI is InChI=1S/C34H24O2S/c35-37(36,23-11-19-29-16-7-8-17-30(29)22-21-27-12-3-1-4-13-27)26-32-25-31-18-9-10-20-33(31)34(32)24-28-14-5-2-6-15-28/h1-10,12-20,23-25H,26H2/b34-24-. The number of hydrogen-bond acceptors (Lipinski definition) is 2. The van der Waals surface area contributed by atoms with Crippen LogP contribution >= 0.6 is 0 Å². The van der Waals surface area contributed by atoms with Crippen LogP contribution in [-0.2, 0) is 9.84 Å². The third-order valence-electron chi connectivity index (χ3n) is 5.96. The number of benzene rings is 4. The molecule has 0 heterocycles. The zero-order valence-corrected chi connectivity index (χ0v) is 21.0. The van der Waals surface area contributed by atoms with Crippen LogP contribution in [0.25, 0.3) is 23.8 Å². The van der Waals surface area contributed by atoms with Gasteiger partial charge in [-0.1, -0.05) is 103 Å². The molecule has 0 amide bonds. The lowest BCUT2D eigenvalue weighted by Gasteiger charge is -2.07. The Hall–Kier alpha value is -4.61. The highest BCUT2D eigenvalue weighted by Gasteiger charge is 2.22. The molecule has 4 aromatic rings. The van der Waals surface area contributed by atoms with E-state index in [2.05, 4.69) is 17.6 Å². The van der Waals surface area contributed by atoms with Crippen molar-refractivity contribution in [1.82, 2.24) is 0 Å². The van der Waals surface area contributed by atoms with E-state index >= 15 is 0 Å². The molecule has 0 spiro atoms. The van der Waals surface area contributed by atoms with Crippen LogP contribution in [0.4, 0.5) is 0 Å². The largest absolute Gasteiger partial charge is 0.223 e. The van der Waals surface area contributed by atoms with Crippen LogP contribution in [0, 0.1) is 11.8 Å². The molecule has 5 rings (SSSR count). The molecule has 0 fully saturated rings. The van der Waals surface area contributed by atoms with E-state index < -0.39 is 9.84 Å². The molecule has 37 heavy (non-hydrogen) atoms. The fourth-order valence-electron chi connectivity index (χ4n) is 4.20. The van der Waals surface area contributed by atoms with Crippen molar-refractivity contribution in [2.24, 2.45) is 0 Å². The normalized spacial score (nSPS) is 13.1. The van der Waals surface area contributed by atoms with Gasteiger partial charge in [-0.05, 0) is 69.8 Å². The second kappa shape index (κ2) is 11.0. The average molecular weight is 497 g/mol. The molecule has 2 nitrogen and oxygen atoms in total. The highest BCUT2D eigenvalue weighted by Crippen LogP contribution is 2.37. The third-order valence-corrected chi connectivity index (χ3v) is 7.17. The van der Waals surface area contributed by atoms with Crippen LogP contribution in [0.5, 0.6) is 0 Å². The second-order valence-electron chi connectivity index (χ2n) is 8.66. The van der Waals surface area contributed by atoms with Crippen molar-refractivity contribution >= 4 is 33.6 Å². The van der Waals surface area contributed by atoms with Crippen LogP contribution in [0.1, 0.15) is 33.4 Å². The third kappa shape index (κ3) is 6.15. The first-order chi connectivity index (χ1) is 18.1. The van der Waals surface area contributed by atoms with E-state index in [4.69, 9.17) is 0 Å². The molecule has 178 valence electrons. The summed E-state index contributed by atoms with van der Waals surface area (Å²) in [6.07, 6.45) is 5.69. The Balaban J connectivity index is 1.40. The summed E-state index contributed by atoms with van der Waals surface area (Å²) in [6.45, 7) is 0. The molecule has 0 aromatic heterocycles. The van der Waals surface area contributed by atoms with Gasteiger partial charge in [-0.3, -0.25) is 0 Å². The summed E-state index contributed by atoms with van der Waals surface area (Å²) >= 11 is 0. The maximum atomic E-state index is 13.1. The van der Waals surface area contributed by atoms with Crippen molar-refractivity contribution in [3.8, 4) is 11.8 Å². The quantitative estimate of drug-likeness (QED) is 0.215. The molecule has 0 radical (unpaired) electrons. The summed E-state index contributed by atoms with van der Waals surface area (Å²) in [5.74, 6) is 6.22. The summed E-state index contributed by atoms with van der Waals surface area (Å²) < 4.78 is 26.2. The minimum absolute atomic E-state index is 0.101. The topological polar surface area (TPSA) is 34.1 Å². The van der Waals surface area contributed by atoms with Crippen molar-refractivity contribution < 1.29 is 8.42 Å². The van der Waals surface area contributed by atoms with Crippen molar-refractivity contribution in [3.05, 3.63) is 159 Å². The first kappa shape index (κ1) is 24.1. The van der Waals surface area contributed by atoms with Gasteiger partial charge in [0, 0.05) is 11.1 Å². The molecular formula is C34H24O2S. The smallest absolute Gasteiger partial charge is 0.182 e. The van der Waals surface area contributed by atoms with Crippen molar-refractivity contribution in [1.29, 1.82) is 0 Å². The molecule has 1 aliphatic rings. The summed E-state index contributed by atoms with van der Waals surface area (Å²) in [7, 11) is -3.56. The number of hydrogen-bond donors (Lipinski definition) is 0. The average Bonchev–Trinajstić information content (AvgIpc) is 3.25. The molecule has 1 aliphatic carbocycles. The van der Waals surface area contributed by atoms with Gasteiger partial charge in [0.25, 0.3) is 0 Å². The SMILES string of the molecule is O=S(=O)(C=C=Cc1ccccc1C#Cc1ccccc1)CC1=Cc2ccccc2/C1=C\c1ccccc1. The van der Waals surface area contributed by atoms with E-state index in [1.54, 1.807) is 6.08 Å². The Labute approximate surface area is 218 Å². The summed E-state index contributed by atoms with van der Waals surface area (Å²) in [6, 6.07) is 35.3. The van der Waals surface area contributed by atoms with Crippen molar-refractivity contribution in [3.63, 3.8) is 0 Å². The van der Waals surface area contributed by atoms with Gasteiger partial charge in [-0.25, -0.2) is 8.42 Å². The van der Waals surface area contributed by atoms with Gasteiger partial charge in [0.15, 0.2) is 9.84 Å². The van der Waals surface area contributed by atoms with Gasteiger partial charge in [0.1, 0.15) is 0 Å². The van der Waals surface area contributed by atoms with Crippen LogP contribution in [0.2, 0.25) is 0 Å². The van der Waals surface area contributed by atoms with Gasteiger partial charge in [-0.15, -0.1) is 5.73 Å². The first-order valence-electron chi connectivity index (χ1n) is 12.0. The van der Waals surface area contributed by atoms with Crippen molar-refractivity contribution in [2.75, 3.05) is 5.75 Å². The monoisotopic (exact) mass is 496 g/mol. The number of rotatable bonds is 5. The molecular weight excluding hydrogens is 472 g/mol. The zero-order valence-electron chi connectivity index (χ0n) is 20.1. The molecule has 0 bridgehead atoms. The molecule has 0 N–H and O–H groups in total. The summed E-state index contributed by atoms with van der Waals surface area (Å²) in [4.78, 5) is 0. The number of sulfone groups is 1. The second-order valence-corrected chi connectivity index (χ2v) is 10.5. The molecule has 4 aromatic carbocycles. The molecule has 0 saturated carbocycles. The lowest BCUT2D eigenvalue weighted by atomic mass is 10.0. The molecule has 0 unspecified atom stereocenters. The molecule has 3 heteroatoms. The number of fused-ring (bicyclic) bond motifs is 1. The van der Waals surface area contributed by atoms with Gasteiger partial charge < -0.3 is 0 Å². The lowest BCUT2D eigenvalue weighted by Crippen LogP contribution is -2.04. The van der Waals surface area contributed by atoms with Crippen LogP contribution < -0.4 is 0 Å². The predicted octanol–water partition coefficient (Wildman–Crippen LogP) is 7.26. The van der Waals surface area contributed by atoms with E-state index in [0.717, 1.165) is 44.5 Å². The fourth-order valence-corrected chi connectivity index (χ4v) is 5.23. The Morgan fingerprint density at radius 2 is 1.38 bits per heavy atom. The molecule has 0 atom stereocenters. The van der Waals surface area contributed by atoms with E-state index in [-0.39, 0.29) is 5.75 Å². The Bertz CT molecular complexity index is 1720. The highest BCUT2D eigenvalue weighted by molar-refractivity contribution is 7.94. The lowest BCUT2D eigenvalue weighted by molar-refractivity contribution is 0.607. The van der Waals surface area contributed by atoms with Crippen LogP contribution in [0.3, 0.4) is 0 Å². The maximum absolute atomic E-state index is 13.1. The van der Waals surface area contributed by atoms with E-state index in [1.165, 1.54) is 5.41 Å². The maximum Gasteiger partial charge on any atom is 0.182 e. The van der Waals surface area contributed by atoms with E-state index in [1.807, 2.05) is 121 Å². The van der Waals surface area contributed by atoms with Crippen LogP contribution in [-0.4, -0.2) is 14.2 Å². The van der Waals surface area contributed by atoms with Crippen molar-refractivity contribution in [2.45, 2.75) is 0 Å². The summed E-state index contributed by atoms with van der Waals surface area (Å²) in [5, 5.41) is 1.17. The van der Waals surface area contributed by atoms with Gasteiger partial charge in [0.05, 0.1) is 11.2 Å². The Morgan fingerprint density at radius 3 is 2.19 bits per heavy atom. The van der Waals surface area contributed by atoms with Crippen LogP contribution in [0.15, 0.2) is 126 Å². The Morgan fingerprint density at radius 1 is 0.703 bits per heavy atom. The molecule has 0 aliphatic heterocycles. The molecule has 0 saturated heterocycles. The summed E-state index contributed by atoms with van der Waals surface area (Å²) in [5.41, 5.74) is 10.2. The zero-order chi connectivity index (χ0) is 25.5. The fraction of sp³-hybridized carbons (Fsp3) is 0.0294.